The van der Waals surface area contributed by atoms with Gasteiger partial charge in [0.2, 0.25) is 6.79 Å². The molecule has 2 heterocycles. The van der Waals surface area contributed by atoms with Gasteiger partial charge in [0.25, 0.3) is 0 Å². The number of hydrogen-bond acceptors (Lipinski definition) is 3. The lowest BCUT2D eigenvalue weighted by Gasteiger charge is -2.24. The third kappa shape index (κ3) is 2.54. The summed E-state index contributed by atoms with van der Waals surface area (Å²) in [5.74, 6) is 2.24. The summed E-state index contributed by atoms with van der Waals surface area (Å²) in [6.07, 6.45) is 4.57. The van der Waals surface area contributed by atoms with E-state index in [0.717, 1.165) is 42.5 Å². The van der Waals surface area contributed by atoms with Crippen LogP contribution in [-0.2, 0) is 12.8 Å². The van der Waals surface area contributed by atoms with E-state index < -0.39 is 0 Å². The van der Waals surface area contributed by atoms with Crippen LogP contribution in [0.3, 0.4) is 0 Å². The normalized spacial score (nSPS) is 21.7. The average molecular weight is 282 g/mol. The van der Waals surface area contributed by atoms with Gasteiger partial charge in [0.15, 0.2) is 11.5 Å². The SMILES string of the molecule is CCc1c(CC2CCCNC2)cc2c(c1Cl)OCO2. The Hall–Kier alpha value is -0.930. The molecule has 0 aliphatic carbocycles. The number of hydrogen-bond donors (Lipinski definition) is 1. The van der Waals surface area contributed by atoms with Gasteiger partial charge >= 0.3 is 0 Å². The summed E-state index contributed by atoms with van der Waals surface area (Å²) in [5.41, 5.74) is 2.54. The topological polar surface area (TPSA) is 30.5 Å². The van der Waals surface area contributed by atoms with E-state index in [1.54, 1.807) is 0 Å². The van der Waals surface area contributed by atoms with Crippen molar-refractivity contribution < 1.29 is 9.47 Å². The van der Waals surface area contributed by atoms with Crippen molar-refractivity contribution in [1.29, 1.82) is 0 Å². The number of nitrogens with one attached hydrogen (secondary N) is 1. The van der Waals surface area contributed by atoms with Crippen LogP contribution in [0.1, 0.15) is 30.9 Å². The minimum absolute atomic E-state index is 0.284. The van der Waals surface area contributed by atoms with Gasteiger partial charge in [-0.2, -0.15) is 0 Å². The molecule has 1 fully saturated rings. The molecule has 104 valence electrons. The van der Waals surface area contributed by atoms with E-state index in [1.807, 2.05) is 0 Å². The van der Waals surface area contributed by atoms with Crippen LogP contribution in [0.25, 0.3) is 0 Å². The third-order valence-corrected chi connectivity index (χ3v) is 4.46. The lowest BCUT2D eigenvalue weighted by molar-refractivity contribution is 0.174. The van der Waals surface area contributed by atoms with Crippen molar-refractivity contribution in [2.24, 2.45) is 5.92 Å². The van der Waals surface area contributed by atoms with Gasteiger partial charge in [-0.1, -0.05) is 18.5 Å². The second-order valence-electron chi connectivity index (χ2n) is 5.33. The van der Waals surface area contributed by atoms with Gasteiger partial charge in [-0.05, 0) is 61.9 Å². The zero-order valence-electron chi connectivity index (χ0n) is 11.3. The van der Waals surface area contributed by atoms with Crippen LogP contribution in [-0.4, -0.2) is 19.9 Å². The van der Waals surface area contributed by atoms with Gasteiger partial charge in [0, 0.05) is 0 Å². The van der Waals surface area contributed by atoms with Crippen molar-refractivity contribution in [3.8, 4) is 11.5 Å². The Bertz CT molecular complexity index is 470. The van der Waals surface area contributed by atoms with Crippen molar-refractivity contribution in [3.63, 3.8) is 0 Å². The summed E-state index contributed by atoms with van der Waals surface area (Å²) in [4.78, 5) is 0. The van der Waals surface area contributed by atoms with Gasteiger partial charge in [-0.3, -0.25) is 0 Å². The van der Waals surface area contributed by atoms with Gasteiger partial charge in [0.05, 0.1) is 5.02 Å². The fourth-order valence-corrected chi connectivity index (χ4v) is 3.47. The van der Waals surface area contributed by atoms with Gasteiger partial charge in [-0.25, -0.2) is 0 Å². The monoisotopic (exact) mass is 281 g/mol. The predicted octanol–water partition coefficient (Wildman–Crippen LogP) is 3.17. The van der Waals surface area contributed by atoms with Crippen LogP contribution in [0, 0.1) is 5.92 Å². The fraction of sp³-hybridized carbons (Fsp3) is 0.600. The molecule has 2 aliphatic heterocycles. The molecule has 1 aromatic carbocycles. The second-order valence-corrected chi connectivity index (χ2v) is 5.71. The second kappa shape index (κ2) is 5.59. The van der Waals surface area contributed by atoms with E-state index in [4.69, 9.17) is 21.1 Å². The molecule has 1 unspecified atom stereocenters. The van der Waals surface area contributed by atoms with Gasteiger partial charge in [-0.15, -0.1) is 0 Å². The largest absolute Gasteiger partial charge is 0.454 e. The predicted molar refractivity (Wildman–Crippen MR) is 76.3 cm³/mol. The summed E-state index contributed by atoms with van der Waals surface area (Å²) in [5, 5.41) is 4.22. The van der Waals surface area contributed by atoms with Gasteiger partial charge < -0.3 is 14.8 Å². The Morgan fingerprint density at radius 2 is 2.32 bits per heavy atom. The smallest absolute Gasteiger partial charge is 0.231 e. The van der Waals surface area contributed by atoms with E-state index in [2.05, 4.69) is 18.3 Å². The molecule has 1 saturated heterocycles. The van der Waals surface area contributed by atoms with Crippen LogP contribution in [0.2, 0.25) is 5.02 Å². The van der Waals surface area contributed by atoms with E-state index in [9.17, 15) is 0 Å². The maximum absolute atomic E-state index is 6.46. The van der Waals surface area contributed by atoms with E-state index in [-0.39, 0.29) is 6.79 Å². The first-order valence-electron chi connectivity index (χ1n) is 7.10. The quantitative estimate of drug-likeness (QED) is 0.923. The van der Waals surface area contributed by atoms with Crippen LogP contribution in [0.15, 0.2) is 6.07 Å². The highest BCUT2D eigenvalue weighted by Gasteiger charge is 2.24. The number of benzene rings is 1. The fourth-order valence-electron chi connectivity index (χ4n) is 3.06. The minimum Gasteiger partial charge on any atom is -0.454 e. The van der Waals surface area contributed by atoms with Crippen LogP contribution < -0.4 is 14.8 Å². The molecule has 3 nitrogen and oxygen atoms in total. The maximum atomic E-state index is 6.46. The zero-order valence-corrected chi connectivity index (χ0v) is 12.1. The third-order valence-electron chi connectivity index (χ3n) is 4.06. The Morgan fingerprint density at radius 1 is 1.42 bits per heavy atom. The van der Waals surface area contributed by atoms with E-state index in [1.165, 1.54) is 24.0 Å². The average Bonchev–Trinajstić information content (AvgIpc) is 2.89. The Labute approximate surface area is 119 Å². The molecule has 1 N–H and O–H groups in total. The molecule has 0 bridgehead atoms. The first-order chi connectivity index (χ1) is 9.29. The highest BCUT2D eigenvalue weighted by atomic mass is 35.5. The lowest BCUT2D eigenvalue weighted by atomic mass is 9.89. The molecular weight excluding hydrogens is 262 g/mol. The highest BCUT2D eigenvalue weighted by Crippen LogP contribution is 2.43. The molecular formula is C15H20ClNO2. The summed E-state index contributed by atoms with van der Waals surface area (Å²) < 4.78 is 10.9. The number of halogens is 1. The number of fused-ring (bicyclic) bond motifs is 1. The molecule has 3 rings (SSSR count). The molecule has 19 heavy (non-hydrogen) atoms. The molecule has 0 saturated carbocycles. The molecule has 4 heteroatoms. The summed E-state index contributed by atoms with van der Waals surface area (Å²) in [6, 6.07) is 2.13. The maximum Gasteiger partial charge on any atom is 0.231 e. The molecule has 1 aromatic rings. The Balaban J connectivity index is 1.89. The van der Waals surface area contributed by atoms with Gasteiger partial charge in [0.1, 0.15) is 0 Å². The minimum atomic E-state index is 0.284. The number of rotatable bonds is 3. The molecule has 0 spiro atoms. The van der Waals surface area contributed by atoms with Crippen molar-refractivity contribution >= 4 is 11.6 Å². The van der Waals surface area contributed by atoms with Crippen LogP contribution in [0.4, 0.5) is 0 Å². The molecule has 0 radical (unpaired) electrons. The Kier molecular flexibility index (Phi) is 3.85. The summed E-state index contributed by atoms with van der Waals surface area (Å²) >= 11 is 6.46. The first-order valence-corrected chi connectivity index (χ1v) is 7.48. The number of ether oxygens (including phenoxy) is 2. The molecule has 1 atom stereocenters. The zero-order chi connectivity index (χ0) is 13.2. The highest BCUT2D eigenvalue weighted by molar-refractivity contribution is 6.33. The van der Waals surface area contributed by atoms with Crippen LogP contribution in [0.5, 0.6) is 11.5 Å². The Morgan fingerprint density at radius 3 is 3.05 bits per heavy atom. The number of piperidine rings is 1. The summed E-state index contributed by atoms with van der Waals surface area (Å²) in [6.45, 7) is 4.69. The van der Waals surface area contributed by atoms with E-state index >= 15 is 0 Å². The molecule has 0 aromatic heterocycles. The van der Waals surface area contributed by atoms with Crippen molar-refractivity contribution in [2.45, 2.75) is 32.6 Å². The summed E-state index contributed by atoms with van der Waals surface area (Å²) in [7, 11) is 0. The first kappa shape index (κ1) is 13.1. The van der Waals surface area contributed by atoms with Crippen molar-refractivity contribution in [3.05, 3.63) is 22.2 Å². The van der Waals surface area contributed by atoms with Crippen LogP contribution >= 0.6 is 11.6 Å². The standard InChI is InChI=1S/C15H20ClNO2/c1-2-12-11(6-10-4-3-5-17-8-10)7-13-15(14(12)16)19-9-18-13/h7,10,17H,2-6,8-9H2,1H3. The van der Waals surface area contributed by atoms with Crippen molar-refractivity contribution in [1.82, 2.24) is 5.32 Å². The molecule has 2 aliphatic rings. The molecule has 0 amide bonds. The van der Waals surface area contributed by atoms with Crippen molar-refractivity contribution in [2.75, 3.05) is 19.9 Å². The lowest BCUT2D eigenvalue weighted by Crippen LogP contribution is -2.31. The van der Waals surface area contributed by atoms with E-state index in [0.29, 0.717) is 5.92 Å².